The van der Waals surface area contributed by atoms with E-state index in [1.807, 2.05) is 6.07 Å². The molecule has 1 aromatic heterocycles. The number of ether oxygens (including phenoxy) is 1. The van der Waals surface area contributed by atoms with Gasteiger partial charge in [0.15, 0.2) is 0 Å². The fourth-order valence-electron chi connectivity index (χ4n) is 1.16. The Bertz CT molecular complexity index is 531. The van der Waals surface area contributed by atoms with Crippen LogP contribution in [0.4, 0.5) is 0 Å². The van der Waals surface area contributed by atoms with Crippen LogP contribution in [0.25, 0.3) is 0 Å². The van der Waals surface area contributed by atoms with E-state index in [-0.39, 0.29) is 0 Å². The quantitative estimate of drug-likeness (QED) is 0.794. The molecule has 0 amide bonds. The van der Waals surface area contributed by atoms with Crippen molar-refractivity contribution in [1.82, 2.24) is 4.98 Å². The third-order valence-corrected chi connectivity index (χ3v) is 2.12. The van der Waals surface area contributed by atoms with Gasteiger partial charge in [0.25, 0.3) is 0 Å². The van der Waals surface area contributed by atoms with Crippen LogP contribution >= 0.6 is 11.6 Å². The smallest absolute Gasteiger partial charge is 0.219 e. The first-order valence-corrected chi connectivity index (χ1v) is 4.95. The number of benzene rings is 1. The van der Waals surface area contributed by atoms with Crippen molar-refractivity contribution in [3.8, 4) is 17.7 Å². The van der Waals surface area contributed by atoms with Crippen LogP contribution in [-0.2, 0) is 0 Å². The monoisotopic (exact) mass is 230 g/mol. The summed E-state index contributed by atoms with van der Waals surface area (Å²) in [5.74, 6) is 1.05. The standard InChI is InChI=1S/C12H7ClN2O/c13-10-2-1-3-11(6-10)16-12-5-4-9(7-14)8-15-12/h1-6,8H. The molecule has 4 heteroatoms. The molecule has 0 N–H and O–H groups in total. The number of nitriles is 1. The SMILES string of the molecule is N#Cc1ccc(Oc2cccc(Cl)c2)nc1. The molecule has 0 fully saturated rings. The van der Waals surface area contributed by atoms with Gasteiger partial charge < -0.3 is 4.74 Å². The molecule has 0 spiro atoms. The lowest BCUT2D eigenvalue weighted by atomic mass is 10.3. The summed E-state index contributed by atoms with van der Waals surface area (Å²) in [5, 5.41) is 9.21. The highest BCUT2D eigenvalue weighted by Crippen LogP contribution is 2.22. The second-order valence-corrected chi connectivity index (χ2v) is 3.49. The van der Waals surface area contributed by atoms with Crippen molar-refractivity contribution in [3.05, 3.63) is 53.2 Å². The molecule has 0 saturated carbocycles. The molecule has 0 aliphatic carbocycles. The summed E-state index contributed by atoms with van der Waals surface area (Å²) in [6, 6.07) is 12.3. The van der Waals surface area contributed by atoms with Crippen molar-refractivity contribution < 1.29 is 4.74 Å². The van der Waals surface area contributed by atoms with Crippen LogP contribution in [0.3, 0.4) is 0 Å². The fraction of sp³-hybridized carbons (Fsp3) is 0. The van der Waals surface area contributed by atoms with Gasteiger partial charge in [-0.15, -0.1) is 0 Å². The Labute approximate surface area is 97.9 Å². The topological polar surface area (TPSA) is 45.9 Å². The van der Waals surface area contributed by atoms with Crippen LogP contribution in [0, 0.1) is 11.3 Å². The van der Waals surface area contributed by atoms with Gasteiger partial charge in [0.05, 0.1) is 5.56 Å². The van der Waals surface area contributed by atoms with E-state index < -0.39 is 0 Å². The van der Waals surface area contributed by atoms with Gasteiger partial charge in [-0.05, 0) is 24.3 Å². The third-order valence-electron chi connectivity index (χ3n) is 1.88. The molecule has 0 aliphatic heterocycles. The zero-order valence-corrected chi connectivity index (χ0v) is 8.98. The first-order valence-electron chi connectivity index (χ1n) is 4.57. The number of hydrogen-bond acceptors (Lipinski definition) is 3. The Kier molecular flexibility index (Phi) is 3.04. The van der Waals surface area contributed by atoms with E-state index in [2.05, 4.69) is 4.98 Å². The van der Waals surface area contributed by atoms with Gasteiger partial charge in [-0.1, -0.05) is 17.7 Å². The molecule has 16 heavy (non-hydrogen) atoms. The molecule has 1 heterocycles. The number of halogens is 1. The van der Waals surface area contributed by atoms with Crippen molar-refractivity contribution in [3.63, 3.8) is 0 Å². The maximum atomic E-state index is 8.61. The Morgan fingerprint density at radius 1 is 1.25 bits per heavy atom. The minimum absolute atomic E-state index is 0.432. The predicted molar refractivity (Wildman–Crippen MR) is 60.5 cm³/mol. The molecule has 3 nitrogen and oxygen atoms in total. The average molecular weight is 231 g/mol. The zero-order valence-electron chi connectivity index (χ0n) is 8.22. The largest absolute Gasteiger partial charge is 0.439 e. The molecular formula is C12H7ClN2O. The van der Waals surface area contributed by atoms with Gasteiger partial charge in [-0.2, -0.15) is 5.26 Å². The second kappa shape index (κ2) is 4.65. The summed E-state index contributed by atoms with van der Waals surface area (Å²) in [6.07, 6.45) is 1.46. The highest BCUT2D eigenvalue weighted by molar-refractivity contribution is 6.30. The molecule has 0 atom stereocenters. The van der Waals surface area contributed by atoms with Gasteiger partial charge in [-0.25, -0.2) is 4.98 Å². The number of pyridine rings is 1. The predicted octanol–water partition coefficient (Wildman–Crippen LogP) is 3.40. The lowest BCUT2D eigenvalue weighted by Gasteiger charge is -2.04. The summed E-state index contributed by atoms with van der Waals surface area (Å²) in [7, 11) is 0. The lowest BCUT2D eigenvalue weighted by Crippen LogP contribution is -1.87. The van der Waals surface area contributed by atoms with Crippen molar-refractivity contribution in [2.75, 3.05) is 0 Å². The lowest BCUT2D eigenvalue weighted by molar-refractivity contribution is 0.463. The van der Waals surface area contributed by atoms with Gasteiger partial charge in [0, 0.05) is 17.3 Å². The maximum absolute atomic E-state index is 8.61. The molecule has 0 unspecified atom stereocenters. The van der Waals surface area contributed by atoms with Gasteiger partial charge in [0.1, 0.15) is 11.8 Å². The minimum Gasteiger partial charge on any atom is -0.439 e. The highest BCUT2D eigenvalue weighted by atomic mass is 35.5. The molecule has 0 saturated heterocycles. The summed E-state index contributed by atoms with van der Waals surface area (Å²) < 4.78 is 5.45. The molecule has 1 aromatic carbocycles. The summed E-state index contributed by atoms with van der Waals surface area (Å²) >= 11 is 5.82. The van der Waals surface area contributed by atoms with E-state index in [1.54, 1.807) is 36.4 Å². The van der Waals surface area contributed by atoms with Gasteiger partial charge in [0.2, 0.25) is 5.88 Å². The first-order chi connectivity index (χ1) is 7.78. The molecule has 2 rings (SSSR count). The maximum Gasteiger partial charge on any atom is 0.219 e. The summed E-state index contributed by atoms with van der Waals surface area (Å²) in [6.45, 7) is 0. The van der Waals surface area contributed by atoms with E-state index in [4.69, 9.17) is 21.6 Å². The van der Waals surface area contributed by atoms with E-state index in [9.17, 15) is 0 Å². The normalized spacial score (nSPS) is 9.50. The molecule has 78 valence electrons. The molecule has 2 aromatic rings. The zero-order chi connectivity index (χ0) is 11.4. The van der Waals surface area contributed by atoms with E-state index >= 15 is 0 Å². The van der Waals surface area contributed by atoms with Crippen molar-refractivity contribution in [2.45, 2.75) is 0 Å². The average Bonchev–Trinajstić information content (AvgIpc) is 2.30. The fourth-order valence-corrected chi connectivity index (χ4v) is 1.34. The Morgan fingerprint density at radius 3 is 2.75 bits per heavy atom. The van der Waals surface area contributed by atoms with Crippen molar-refractivity contribution in [1.29, 1.82) is 5.26 Å². The number of nitrogens with zero attached hydrogens (tertiary/aromatic N) is 2. The molecular weight excluding hydrogens is 224 g/mol. The Hall–Kier alpha value is -2.05. The van der Waals surface area contributed by atoms with Crippen LogP contribution in [0.1, 0.15) is 5.56 Å². The Balaban J connectivity index is 2.18. The Morgan fingerprint density at radius 2 is 2.12 bits per heavy atom. The van der Waals surface area contributed by atoms with Crippen LogP contribution in [0.2, 0.25) is 5.02 Å². The third kappa shape index (κ3) is 2.50. The van der Waals surface area contributed by atoms with Crippen LogP contribution in [0.5, 0.6) is 11.6 Å². The minimum atomic E-state index is 0.432. The van der Waals surface area contributed by atoms with Gasteiger partial charge >= 0.3 is 0 Å². The summed E-state index contributed by atoms with van der Waals surface area (Å²) in [4.78, 5) is 3.99. The highest BCUT2D eigenvalue weighted by Gasteiger charge is 1.99. The van der Waals surface area contributed by atoms with E-state index in [1.165, 1.54) is 6.20 Å². The number of aromatic nitrogens is 1. The first kappa shape index (κ1) is 10.5. The number of hydrogen-bond donors (Lipinski definition) is 0. The molecule has 0 aliphatic rings. The van der Waals surface area contributed by atoms with E-state index in [0.717, 1.165) is 0 Å². The van der Waals surface area contributed by atoms with E-state index in [0.29, 0.717) is 22.2 Å². The van der Waals surface area contributed by atoms with Gasteiger partial charge in [-0.3, -0.25) is 0 Å². The molecule has 0 radical (unpaired) electrons. The van der Waals surface area contributed by atoms with Crippen molar-refractivity contribution >= 4 is 11.6 Å². The number of rotatable bonds is 2. The van der Waals surface area contributed by atoms with Crippen LogP contribution < -0.4 is 4.74 Å². The summed E-state index contributed by atoms with van der Waals surface area (Å²) in [5.41, 5.74) is 0.499. The van der Waals surface area contributed by atoms with Crippen LogP contribution in [-0.4, -0.2) is 4.98 Å². The second-order valence-electron chi connectivity index (χ2n) is 3.06. The molecule has 0 bridgehead atoms. The van der Waals surface area contributed by atoms with Crippen LogP contribution in [0.15, 0.2) is 42.6 Å². The van der Waals surface area contributed by atoms with Crippen molar-refractivity contribution in [2.24, 2.45) is 0 Å².